The van der Waals surface area contributed by atoms with Gasteiger partial charge in [-0.2, -0.15) is 0 Å². The molecule has 4 rings (SSSR count). The molecule has 0 aliphatic carbocycles. The minimum absolute atomic E-state index is 0.0513. The Hall–Kier alpha value is -2.67. The molecule has 0 bridgehead atoms. The lowest BCUT2D eigenvalue weighted by atomic mass is 10.0. The Bertz CT molecular complexity index is 1070. The van der Waals surface area contributed by atoms with Crippen molar-refractivity contribution in [3.8, 4) is 11.1 Å². The molecule has 1 aromatic carbocycles. The van der Waals surface area contributed by atoms with Crippen molar-refractivity contribution >= 4 is 26.8 Å². The van der Waals surface area contributed by atoms with Gasteiger partial charge in [0.15, 0.2) is 9.84 Å². The first-order valence-electron chi connectivity index (χ1n) is 8.44. The SMILES string of the molecule is CN(C(=O)c1ccc(-c2cnc3[nH]ccc3c2)cc1)[C@@H]1CCS(=O)(=O)C1. The van der Waals surface area contributed by atoms with Gasteiger partial charge in [-0.15, -0.1) is 0 Å². The van der Waals surface area contributed by atoms with Gasteiger partial charge in [-0.05, 0) is 36.2 Å². The molecule has 7 heteroatoms. The Morgan fingerprint density at radius 2 is 1.96 bits per heavy atom. The number of aromatic amines is 1. The molecule has 0 unspecified atom stereocenters. The molecular weight excluding hydrogens is 350 g/mol. The Morgan fingerprint density at radius 1 is 1.19 bits per heavy atom. The molecule has 3 aromatic rings. The number of sulfone groups is 1. The molecule has 1 amide bonds. The van der Waals surface area contributed by atoms with Crippen LogP contribution >= 0.6 is 0 Å². The van der Waals surface area contributed by atoms with Gasteiger partial charge in [0, 0.05) is 42.0 Å². The van der Waals surface area contributed by atoms with Gasteiger partial charge in [0.05, 0.1) is 11.5 Å². The van der Waals surface area contributed by atoms with Crippen molar-refractivity contribution in [3.63, 3.8) is 0 Å². The highest BCUT2D eigenvalue weighted by Crippen LogP contribution is 2.24. The van der Waals surface area contributed by atoms with Crippen molar-refractivity contribution in [1.82, 2.24) is 14.9 Å². The normalized spacial score (nSPS) is 18.9. The number of carbonyl (C=O) groups excluding carboxylic acids is 1. The van der Waals surface area contributed by atoms with Crippen LogP contribution in [-0.4, -0.2) is 53.8 Å². The summed E-state index contributed by atoms with van der Waals surface area (Å²) >= 11 is 0. The molecule has 0 spiro atoms. The highest BCUT2D eigenvalue weighted by atomic mass is 32.2. The number of benzene rings is 1. The second kappa shape index (κ2) is 6.25. The number of aromatic nitrogens is 2. The van der Waals surface area contributed by atoms with Crippen molar-refractivity contribution in [2.45, 2.75) is 12.5 Å². The maximum atomic E-state index is 12.6. The average molecular weight is 369 g/mol. The lowest BCUT2D eigenvalue weighted by Gasteiger charge is -2.23. The van der Waals surface area contributed by atoms with Gasteiger partial charge in [-0.25, -0.2) is 13.4 Å². The number of amides is 1. The summed E-state index contributed by atoms with van der Waals surface area (Å²) in [6.07, 6.45) is 4.15. The van der Waals surface area contributed by atoms with Crippen molar-refractivity contribution in [1.29, 1.82) is 0 Å². The molecule has 3 heterocycles. The highest BCUT2D eigenvalue weighted by molar-refractivity contribution is 7.91. The highest BCUT2D eigenvalue weighted by Gasteiger charge is 2.32. The monoisotopic (exact) mass is 369 g/mol. The van der Waals surface area contributed by atoms with Crippen LogP contribution in [0.1, 0.15) is 16.8 Å². The van der Waals surface area contributed by atoms with Crippen molar-refractivity contribution < 1.29 is 13.2 Å². The number of hydrogen-bond acceptors (Lipinski definition) is 4. The maximum absolute atomic E-state index is 12.6. The first-order chi connectivity index (χ1) is 12.4. The largest absolute Gasteiger partial charge is 0.346 e. The fourth-order valence-corrected chi connectivity index (χ4v) is 5.13. The number of pyridine rings is 1. The van der Waals surface area contributed by atoms with Gasteiger partial charge in [0.2, 0.25) is 0 Å². The van der Waals surface area contributed by atoms with E-state index in [1.165, 1.54) is 0 Å². The lowest BCUT2D eigenvalue weighted by molar-refractivity contribution is 0.0747. The third kappa shape index (κ3) is 3.10. The van der Waals surface area contributed by atoms with Crippen LogP contribution in [0.2, 0.25) is 0 Å². The first-order valence-corrected chi connectivity index (χ1v) is 10.3. The van der Waals surface area contributed by atoms with E-state index in [9.17, 15) is 13.2 Å². The summed E-state index contributed by atoms with van der Waals surface area (Å²) in [5.74, 6) is 0.0521. The number of H-pyrrole nitrogens is 1. The molecule has 1 fully saturated rings. The standard InChI is InChI=1S/C19H19N3O3S/c1-22(17-7-9-26(24,25)12-17)19(23)14-4-2-13(3-5-14)16-10-15-6-8-20-18(15)21-11-16/h2-6,8,10-11,17H,7,9,12H2,1H3,(H,20,21)/t17-/m1/s1. The predicted octanol–water partition coefficient (Wildman–Crippen LogP) is 2.49. The number of nitrogens with one attached hydrogen (secondary N) is 1. The lowest BCUT2D eigenvalue weighted by Crippen LogP contribution is -2.37. The summed E-state index contributed by atoms with van der Waals surface area (Å²) in [4.78, 5) is 21.6. The summed E-state index contributed by atoms with van der Waals surface area (Å²) in [6.45, 7) is 0. The van der Waals surface area contributed by atoms with Crippen molar-refractivity contribution in [2.75, 3.05) is 18.6 Å². The fraction of sp³-hybridized carbons (Fsp3) is 0.263. The Balaban J connectivity index is 1.54. The van der Waals surface area contributed by atoms with Crippen LogP contribution in [0.25, 0.3) is 22.2 Å². The third-order valence-electron chi connectivity index (χ3n) is 4.94. The van der Waals surface area contributed by atoms with E-state index in [1.807, 2.05) is 30.5 Å². The quantitative estimate of drug-likeness (QED) is 0.769. The van der Waals surface area contributed by atoms with Crippen molar-refractivity contribution in [3.05, 3.63) is 54.4 Å². The van der Waals surface area contributed by atoms with E-state index < -0.39 is 9.84 Å². The Labute approximate surface area is 151 Å². The van der Waals surface area contributed by atoms with E-state index in [0.717, 1.165) is 22.2 Å². The Kier molecular flexibility index (Phi) is 4.03. The predicted molar refractivity (Wildman–Crippen MR) is 101 cm³/mol. The van der Waals surface area contributed by atoms with Crippen LogP contribution in [0.3, 0.4) is 0 Å². The van der Waals surface area contributed by atoms with E-state index in [2.05, 4.69) is 9.97 Å². The van der Waals surface area contributed by atoms with Gasteiger partial charge < -0.3 is 9.88 Å². The maximum Gasteiger partial charge on any atom is 0.253 e. The van der Waals surface area contributed by atoms with E-state index in [4.69, 9.17) is 0 Å². The molecule has 0 saturated carbocycles. The number of fused-ring (bicyclic) bond motifs is 1. The average Bonchev–Trinajstić information content (AvgIpc) is 3.25. The van der Waals surface area contributed by atoms with E-state index >= 15 is 0 Å². The third-order valence-corrected chi connectivity index (χ3v) is 6.69. The number of hydrogen-bond donors (Lipinski definition) is 1. The van der Waals surface area contributed by atoms with Gasteiger partial charge >= 0.3 is 0 Å². The van der Waals surface area contributed by atoms with E-state index in [-0.39, 0.29) is 23.5 Å². The van der Waals surface area contributed by atoms with E-state index in [0.29, 0.717) is 12.0 Å². The molecular formula is C19H19N3O3S. The Morgan fingerprint density at radius 3 is 2.65 bits per heavy atom. The zero-order valence-corrected chi connectivity index (χ0v) is 15.2. The van der Waals surface area contributed by atoms with Crippen LogP contribution in [0.15, 0.2) is 48.8 Å². The number of rotatable bonds is 3. The molecule has 1 aliphatic rings. The van der Waals surface area contributed by atoms with Crippen LogP contribution in [0, 0.1) is 0 Å². The van der Waals surface area contributed by atoms with Gasteiger partial charge in [-0.3, -0.25) is 4.79 Å². The number of carbonyl (C=O) groups is 1. The smallest absolute Gasteiger partial charge is 0.253 e. The molecule has 1 atom stereocenters. The molecule has 1 N–H and O–H groups in total. The van der Waals surface area contributed by atoms with Crippen LogP contribution < -0.4 is 0 Å². The zero-order valence-electron chi connectivity index (χ0n) is 14.3. The molecule has 26 heavy (non-hydrogen) atoms. The van der Waals surface area contributed by atoms with Gasteiger partial charge in [-0.1, -0.05) is 12.1 Å². The summed E-state index contributed by atoms with van der Waals surface area (Å²) in [6, 6.07) is 11.1. The molecule has 2 aromatic heterocycles. The molecule has 134 valence electrons. The van der Waals surface area contributed by atoms with E-state index in [1.54, 1.807) is 30.3 Å². The topological polar surface area (TPSA) is 83.1 Å². The summed E-state index contributed by atoms with van der Waals surface area (Å²) in [5.41, 5.74) is 3.35. The van der Waals surface area contributed by atoms with Crippen LogP contribution in [0.5, 0.6) is 0 Å². The fourth-order valence-electron chi connectivity index (χ4n) is 3.35. The second-order valence-corrected chi connectivity index (χ2v) is 8.92. The minimum Gasteiger partial charge on any atom is -0.346 e. The zero-order chi connectivity index (χ0) is 18.3. The van der Waals surface area contributed by atoms with Crippen LogP contribution in [0.4, 0.5) is 0 Å². The molecule has 6 nitrogen and oxygen atoms in total. The minimum atomic E-state index is -3.02. The first kappa shape index (κ1) is 16.8. The van der Waals surface area contributed by atoms with Crippen molar-refractivity contribution in [2.24, 2.45) is 0 Å². The van der Waals surface area contributed by atoms with Gasteiger partial charge in [0.1, 0.15) is 5.65 Å². The molecule has 1 saturated heterocycles. The van der Waals surface area contributed by atoms with Gasteiger partial charge in [0.25, 0.3) is 5.91 Å². The second-order valence-electron chi connectivity index (χ2n) is 6.69. The summed E-state index contributed by atoms with van der Waals surface area (Å²) in [7, 11) is -1.34. The molecule has 0 radical (unpaired) electrons. The summed E-state index contributed by atoms with van der Waals surface area (Å²) in [5, 5.41) is 1.03. The molecule has 1 aliphatic heterocycles. The summed E-state index contributed by atoms with van der Waals surface area (Å²) < 4.78 is 23.3. The number of nitrogens with zero attached hydrogens (tertiary/aromatic N) is 2. The van der Waals surface area contributed by atoms with Crippen LogP contribution in [-0.2, 0) is 9.84 Å².